The van der Waals surface area contributed by atoms with Crippen molar-refractivity contribution in [1.82, 2.24) is 4.72 Å². The van der Waals surface area contributed by atoms with Gasteiger partial charge in [-0.15, -0.1) is 0 Å². The maximum Gasteiger partial charge on any atom is 0.211 e. The van der Waals surface area contributed by atoms with Crippen LogP contribution < -0.4 is 4.72 Å². The lowest BCUT2D eigenvalue weighted by molar-refractivity contribution is 0.199. The molecule has 16 heavy (non-hydrogen) atoms. The van der Waals surface area contributed by atoms with Crippen LogP contribution in [0, 0.1) is 5.92 Å². The minimum atomic E-state index is -3.17. The molecule has 1 N–H and O–H groups in total. The Morgan fingerprint density at radius 2 is 2.00 bits per heavy atom. The van der Waals surface area contributed by atoms with Gasteiger partial charge >= 0.3 is 0 Å². The van der Waals surface area contributed by atoms with Gasteiger partial charge in [-0.2, -0.15) is 0 Å². The Labute approximate surface area is 107 Å². The van der Waals surface area contributed by atoms with E-state index in [2.05, 4.69) is 34.5 Å². The molecule has 0 saturated carbocycles. The van der Waals surface area contributed by atoms with Gasteiger partial charge in [0.05, 0.1) is 5.75 Å². The molecule has 0 aromatic rings. The van der Waals surface area contributed by atoms with E-state index in [9.17, 15) is 8.42 Å². The highest BCUT2D eigenvalue weighted by Crippen LogP contribution is 2.08. The van der Waals surface area contributed by atoms with Gasteiger partial charge in [0.15, 0.2) is 0 Å². The first-order chi connectivity index (χ1) is 7.41. The zero-order valence-corrected chi connectivity index (χ0v) is 12.6. The van der Waals surface area contributed by atoms with Gasteiger partial charge in [-0.3, -0.25) is 0 Å². The normalized spacial score (nSPS) is 14.3. The predicted octanol–water partition coefficient (Wildman–Crippen LogP) is 1.75. The topological polar surface area (TPSA) is 55.4 Å². The highest BCUT2D eigenvalue weighted by Gasteiger charge is 2.17. The number of hydrogen-bond donors (Lipinski definition) is 1. The van der Waals surface area contributed by atoms with Gasteiger partial charge in [0, 0.05) is 25.1 Å². The lowest BCUT2D eigenvalue weighted by Crippen LogP contribution is -2.38. The average molecular weight is 316 g/mol. The van der Waals surface area contributed by atoms with Crippen LogP contribution in [-0.4, -0.2) is 39.3 Å². The predicted molar refractivity (Wildman–Crippen MR) is 70.5 cm³/mol. The second-order valence-corrected chi connectivity index (χ2v) is 6.78. The summed E-state index contributed by atoms with van der Waals surface area (Å²) >= 11 is 3.33. The molecule has 0 aromatic heterocycles. The molecule has 0 radical (unpaired) electrons. The first-order valence-corrected chi connectivity index (χ1v) is 8.23. The van der Waals surface area contributed by atoms with E-state index in [0.717, 1.165) is 6.42 Å². The maximum absolute atomic E-state index is 11.7. The van der Waals surface area contributed by atoms with Crippen LogP contribution in [0.5, 0.6) is 0 Å². The monoisotopic (exact) mass is 315 g/mol. The van der Waals surface area contributed by atoms with Crippen LogP contribution in [-0.2, 0) is 14.8 Å². The number of halogens is 1. The largest absolute Gasteiger partial charge is 0.385 e. The molecule has 0 amide bonds. The molecule has 0 heterocycles. The Bertz CT molecular complexity index is 267. The van der Waals surface area contributed by atoms with E-state index in [1.54, 1.807) is 7.11 Å². The van der Waals surface area contributed by atoms with Crippen LogP contribution in [0.4, 0.5) is 0 Å². The molecule has 1 unspecified atom stereocenters. The number of alkyl halides is 1. The first-order valence-electron chi connectivity index (χ1n) is 5.46. The van der Waals surface area contributed by atoms with Crippen LogP contribution in [0.15, 0.2) is 0 Å². The van der Waals surface area contributed by atoms with E-state index >= 15 is 0 Å². The van der Waals surface area contributed by atoms with Gasteiger partial charge in [0.25, 0.3) is 0 Å². The van der Waals surface area contributed by atoms with Gasteiger partial charge in [-0.25, -0.2) is 13.1 Å². The Morgan fingerprint density at radius 1 is 1.38 bits per heavy atom. The molecule has 0 aliphatic heterocycles. The van der Waals surface area contributed by atoms with Crippen molar-refractivity contribution in [1.29, 1.82) is 0 Å². The summed E-state index contributed by atoms with van der Waals surface area (Å²) in [4.78, 5) is 0. The molecule has 1 atom stereocenters. The molecule has 6 heteroatoms. The Kier molecular flexibility index (Phi) is 8.63. The van der Waals surface area contributed by atoms with E-state index < -0.39 is 10.0 Å². The van der Waals surface area contributed by atoms with Crippen molar-refractivity contribution in [2.24, 2.45) is 5.92 Å². The minimum absolute atomic E-state index is 0.0208. The van der Waals surface area contributed by atoms with Crippen molar-refractivity contribution < 1.29 is 13.2 Å². The van der Waals surface area contributed by atoms with Crippen molar-refractivity contribution in [3.8, 4) is 0 Å². The average Bonchev–Trinajstić information content (AvgIpc) is 2.15. The molecule has 0 fully saturated rings. The second kappa shape index (κ2) is 8.44. The van der Waals surface area contributed by atoms with Crippen molar-refractivity contribution >= 4 is 26.0 Å². The highest BCUT2D eigenvalue weighted by molar-refractivity contribution is 9.09. The van der Waals surface area contributed by atoms with E-state index in [1.807, 2.05) is 0 Å². The lowest BCUT2D eigenvalue weighted by Gasteiger charge is -2.18. The minimum Gasteiger partial charge on any atom is -0.385 e. The molecular formula is C10H22BrNO3S. The number of rotatable bonds is 9. The number of nitrogens with one attached hydrogen (secondary N) is 1. The third kappa shape index (κ3) is 8.50. The zero-order chi connectivity index (χ0) is 12.6. The summed E-state index contributed by atoms with van der Waals surface area (Å²) in [6, 6.07) is -0.0208. The molecule has 4 nitrogen and oxygen atoms in total. The summed E-state index contributed by atoms with van der Waals surface area (Å²) in [6.07, 6.45) is 1.37. The fourth-order valence-electron chi connectivity index (χ4n) is 1.42. The second-order valence-electron chi connectivity index (χ2n) is 4.26. The van der Waals surface area contributed by atoms with Gasteiger partial charge in [0.1, 0.15) is 0 Å². The molecule has 0 aromatic carbocycles. The van der Waals surface area contributed by atoms with Gasteiger partial charge < -0.3 is 4.74 Å². The Hall–Kier alpha value is 0.350. The molecule has 98 valence electrons. The van der Waals surface area contributed by atoms with Crippen LogP contribution in [0.1, 0.15) is 26.7 Å². The van der Waals surface area contributed by atoms with Crippen molar-refractivity contribution in [2.45, 2.75) is 32.7 Å². The molecule has 0 aliphatic rings. The van der Waals surface area contributed by atoms with Gasteiger partial charge in [0.2, 0.25) is 10.0 Å². The SMILES string of the molecule is COCCCS(=O)(=O)NC(CBr)CC(C)C. The first kappa shape index (κ1) is 16.4. The molecule has 0 rings (SSSR count). The molecule has 0 bridgehead atoms. The van der Waals surface area contributed by atoms with Gasteiger partial charge in [-0.05, 0) is 18.8 Å². The molecule has 0 saturated heterocycles. The van der Waals surface area contributed by atoms with Crippen LogP contribution in [0.25, 0.3) is 0 Å². The number of methoxy groups -OCH3 is 1. The molecular weight excluding hydrogens is 294 g/mol. The van der Waals surface area contributed by atoms with E-state index in [1.165, 1.54) is 0 Å². The summed E-state index contributed by atoms with van der Waals surface area (Å²) in [6.45, 7) is 4.63. The maximum atomic E-state index is 11.7. The van der Waals surface area contributed by atoms with E-state index in [4.69, 9.17) is 4.74 Å². The highest BCUT2D eigenvalue weighted by atomic mass is 79.9. The summed E-state index contributed by atoms with van der Waals surface area (Å²) in [5, 5.41) is 0.648. The van der Waals surface area contributed by atoms with Gasteiger partial charge in [-0.1, -0.05) is 29.8 Å². The Balaban J connectivity index is 4.10. The van der Waals surface area contributed by atoms with Crippen molar-refractivity contribution in [3.63, 3.8) is 0 Å². The van der Waals surface area contributed by atoms with Crippen LogP contribution >= 0.6 is 15.9 Å². The third-order valence-corrected chi connectivity index (χ3v) is 4.35. The van der Waals surface area contributed by atoms with Crippen LogP contribution in [0.3, 0.4) is 0 Å². The van der Waals surface area contributed by atoms with E-state index in [-0.39, 0.29) is 11.8 Å². The quantitative estimate of drug-likeness (QED) is 0.521. The van der Waals surface area contributed by atoms with E-state index in [0.29, 0.717) is 24.3 Å². The third-order valence-electron chi connectivity index (χ3n) is 2.05. The molecule has 0 aliphatic carbocycles. The summed E-state index contributed by atoms with van der Waals surface area (Å²) in [5.41, 5.74) is 0. The Morgan fingerprint density at radius 3 is 2.44 bits per heavy atom. The standard InChI is InChI=1S/C10H22BrNO3S/c1-9(2)7-10(8-11)12-16(13,14)6-4-5-15-3/h9-10,12H,4-8H2,1-3H3. The fraction of sp³-hybridized carbons (Fsp3) is 1.00. The van der Waals surface area contributed by atoms with Crippen LogP contribution in [0.2, 0.25) is 0 Å². The summed E-state index contributed by atoms with van der Waals surface area (Å²) < 4.78 is 30.9. The lowest BCUT2D eigenvalue weighted by atomic mass is 10.1. The van der Waals surface area contributed by atoms with Crippen molar-refractivity contribution in [2.75, 3.05) is 24.8 Å². The number of hydrogen-bond acceptors (Lipinski definition) is 3. The molecule has 0 spiro atoms. The number of sulfonamides is 1. The summed E-state index contributed by atoms with van der Waals surface area (Å²) in [5.74, 6) is 0.604. The number of ether oxygens (including phenoxy) is 1. The fourth-order valence-corrected chi connectivity index (χ4v) is 3.36. The summed E-state index contributed by atoms with van der Waals surface area (Å²) in [7, 11) is -1.60. The smallest absolute Gasteiger partial charge is 0.211 e. The zero-order valence-electron chi connectivity index (χ0n) is 10.2. The van der Waals surface area contributed by atoms with Crippen molar-refractivity contribution in [3.05, 3.63) is 0 Å².